The molecule has 0 aliphatic rings. The van der Waals surface area contributed by atoms with Crippen molar-refractivity contribution in [1.29, 1.82) is 0 Å². The first kappa shape index (κ1) is 11.6. The van der Waals surface area contributed by atoms with E-state index >= 15 is 0 Å². The second-order valence-electron chi connectivity index (χ2n) is 2.57. The van der Waals surface area contributed by atoms with Gasteiger partial charge in [0.2, 0.25) is 0 Å². The lowest BCUT2D eigenvalue weighted by Crippen LogP contribution is -2.45. The molecule has 0 aliphatic carbocycles. The summed E-state index contributed by atoms with van der Waals surface area (Å²) in [6.07, 6.45) is 1.80. The Kier molecular flexibility index (Phi) is 6.44. The van der Waals surface area contributed by atoms with Gasteiger partial charge in [-0.05, 0) is 6.92 Å². The van der Waals surface area contributed by atoms with E-state index in [1.165, 1.54) is 5.54 Å². The van der Waals surface area contributed by atoms with Crippen LogP contribution >= 0.6 is 34.8 Å². The Labute approximate surface area is 82.7 Å². The van der Waals surface area contributed by atoms with Crippen molar-refractivity contribution in [3.63, 3.8) is 0 Å². The molecule has 0 aromatic rings. The first-order chi connectivity index (χ1) is 5.18. The Morgan fingerprint density at radius 3 is 2.27 bits per heavy atom. The minimum Gasteiger partial charge on any atom is -0.306 e. The summed E-state index contributed by atoms with van der Waals surface area (Å²) in [6, 6.07) is 0. The maximum atomic E-state index is 5.68. The molecule has 0 unspecified atom stereocenters. The van der Waals surface area contributed by atoms with Crippen molar-refractivity contribution in [2.45, 2.75) is 12.5 Å². The molecule has 0 radical (unpaired) electrons. The topological polar surface area (TPSA) is 12.0 Å². The molecule has 0 aliphatic heterocycles. The SMILES string of the molecule is CC(CCl)(CCl)NC/C=C/Cl. The van der Waals surface area contributed by atoms with Crippen molar-refractivity contribution in [1.82, 2.24) is 5.32 Å². The zero-order valence-corrected chi connectivity index (χ0v) is 8.68. The summed E-state index contributed by atoms with van der Waals surface area (Å²) < 4.78 is 0. The van der Waals surface area contributed by atoms with Crippen LogP contribution in [0.4, 0.5) is 0 Å². The number of hydrogen-bond donors (Lipinski definition) is 1. The second kappa shape index (κ2) is 6.13. The first-order valence-corrected chi connectivity index (χ1v) is 4.81. The molecule has 0 fully saturated rings. The maximum Gasteiger partial charge on any atom is 0.0427 e. The monoisotopic (exact) mass is 215 g/mol. The molecular formula is C7H12Cl3N. The van der Waals surface area contributed by atoms with Gasteiger partial charge in [0.1, 0.15) is 0 Å². The largest absolute Gasteiger partial charge is 0.306 e. The Balaban J connectivity index is 3.68. The summed E-state index contributed by atoms with van der Waals surface area (Å²) in [5.74, 6) is 0.985. The van der Waals surface area contributed by atoms with Crippen LogP contribution in [0.2, 0.25) is 0 Å². The average Bonchev–Trinajstić information content (AvgIpc) is 2.05. The lowest BCUT2D eigenvalue weighted by Gasteiger charge is -2.24. The van der Waals surface area contributed by atoms with E-state index in [0.29, 0.717) is 18.3 Å². The van der Waals surface area contributed by atoms with E-state index in [2.05, 4.69) is 5.32 Å². The van der Waals surface area contributed by atoms with Crippen LogP contribution < -0.4 is 5.32 Å². The third-order valence-corrected chi connectivity index (χ3v) is 2.68. The summed E-state index contributed by atoms with van der Waals surface area (Å²) in [4.78, 5) is 0. The number of alkyl halides is 2. The third kappa shape index (κ3) is 4.91. The van der Waals surface area contributed by atoms with Gasteiger partial charge in [-0.15, -0.1) is 23.2 Å². The standard InChI is InChI=1S/C7H12Cl3N/c1-7(5-9,6-10)11-4-2-3-8/h2-3,11H,4-6H2,1H3/b3-2+. The van der Waals surface area contributed by atoms with Crippen LogP contribution in [0, 0.1) is 0 Å². The van der Waals surface area contributed by atoms with Gasteiger partial charge in [0.15, 0.2) is 0 Å². The normalized spacial score (nSPS) is 12.7. The van der Waals surface area contributed by atoms with Crippen molar-refractivity contribution in [3.8, 4) is 0 Å². The molecule has 0 bridgehead atoms. The van der Waals surface area contributed by atoms with E-state index in [1.807, 2.05) is 6.92 Å². The molecule has 0 amide bonds. The van der Waals surface area contributed by atoms with E-state index in [1.54, 1.807) is 6.08 Å². The van der Waals surface area contributed by atoms with Gasteiger partial charge in [0.25, 0.3) is 0 Å². The van der Waals surface area contributed by atoms with Crippen LogP contribution in [0.3, 0.4) is 0 Å². The van der Waals surface area contributed by atoms with E-state index in [0.717, 1.165) is 0 Å². The van der Waals surface area contributed by atoms with Gasteiger partial charge in [0.05, 0.1) is 0 Å². The zero-order chi connectivity index (χ0) is 8.74. The molecule has 0 spiro atoms. The van der Waals surface area contributed by atoms with Crippen LogP contribution in [-0.2, 0) is 0 Å². The lowest BCUT2D eigenvalue weighted by atomic mass is 10.1. The molecular weight excluding hydrogens is 204 g/mol. The van der Waals surface area contributed by atoms with Crippen LogP contribution in [0.15, 0.2) is 11.6 Å². The van der Waals surface area contributed by atoms with Crippen LogP contribution in [-0.4, -0.2) is 23.8 Å². The predicted octanol–water partition coefficient (Wildman–Crippen LogP) is 2.56. The fourth-order valence-corrected chi connectivity index (χ4v) is 1.04. The van der Waals surface area contributed by atoms with Gasteiger partial charge in [-0.1, -0.05) is 17.7 Å². The molecule has 66 valence electrons. The molecule has 0 saturated carbocycles. The van der Waals surface area contributed by atoms with Crippen molar-refractivity contribution >= 4 is 34.8 Å². The number of nitrogens with one attached hydrogen (secondary N) is 1. The van der Waals surface area contributed by atoms with Crippen LogP contribution in [0.5, 0.6) is 0 Å². The Morgan fingerprint density at radius 1 is 1.36 bits per heavy atom. The third-order valence-electron chi connectivity index (χ3n) is 1.33. The molecule has 0 aromatic heterocycles. The van der Waals surface area contributed by atoms with E-state index in [-0.39, 0.29) is 5.54 Å². The van der Waals surface area contributed by atoms with E-state index in [9.17, 15) is 0 Å². The van der Waals surface area contributed by atoms with E-state index in [4.69, 9.17) is 34.8 Å². The fourth-order valence-electron chi connectivity index (χ4n) is 0.480. The molecule has 1 N–H and O–H groups in total. The summed E-state index contributed by atoms with van der Waals surface area (Å²) >= 11 is 16.7. The van der Waals surface area contributed by atoms with Gasteiger partial charge >= 0.3 is 0 Å². The molecule has 0 rings (SSSR count). The van der Waals surface area contributed by atoms with E-state index < -0.39 is 0 Å². The quantitative estimate of drug-likeness (QED) is 0.697. The first-order valence-electron chi connectivity index (χ1n) is 3.30. The smallest absolute Gasteiger partial charge is 0.0427 e. The average molecular weight is 217 g/mol. The number of rotatable bonds is 5. The Bertz CT molecular complexity index is 121. The van der Waals surface area contributed by atoms with Crippen LogP contribution in [0.25, 0.3) is 0 Å². The minimum absolute atomic E-state index is 0.195. The highest BCUT2D eigenvalue weighted by Crippen LogP contribution is 2.07. The van der Waals surface area contributed by atoms with Crippen molar-refractivity contribution in [2.75, 3.05) is 18.3 Å². The molecule has 0 atom stereocenters. The number of halogens is 3. The highest BCUT2D eigenvalue weighted by atomic mass is 35.5. The Hall–Kier alpha value is 0.570. The predicted molar refractivity (Wildman–Crippen MR) is 52.8 cm³/mol. The van der Waals surface area contributed by atoms with Gasteiger partial charge in [-0.3, -0.25) is 0 Å². The minimum atomic E-state index is -0.195. The lowest BCUT2D eigenvalue weighted by molar-refractivity contribution is 0.461. The van der Waals surface area contributed by atoms with Crippen molar-refractivity contribution in [3.05, 3.63) is 11.6 Å². The second-order valence-corrected chi connectivity index (χ2v) is 3.36. The van der Waals surface area contributed by atoms with Crippen molar-refractivity contribution < 1.29 is 0 Å². The molecule has 0 aromatic carbocycles. The van der Waals surface area contributed by atoms with Crippen LogP contribution in [0.1, 0.15) is 6.92 Å². The fraction of sp³-hybridized carbons (Fsp3) is 0.714. The van der Waals surface area contributed by atoms with Crippen molar-refractivity contribution in [2.24, 2.45) is 0 Å². The van der Waals surface area contributed by atoms with Gasteiger partial charge < -0.3 is 5.32 Å². The molecule has 11 heavy (non-hydrogen) atoms. The highest BCUT2D eigenvalue weighted by Gasteiger charge is 2.19. The zero-order valence-electron chi connectivity index (χ0n) is 6.41. The van der Waals surface area contributed by atoms with Gasteiger partial charge in [-0.25, -0.2) is 0 Å². The highest BCUT2D eigenvalue weighted by molar-refractivity contribution is 6.25. The Morgan fingerprint density at radius 2 is 1.91 bits per heavy atom. The summed E-state index contributed by atoms with van der Waals surface area (Å²) in [6.45, 7) is 2.66. The maximum absolute atomic E-state index is 5.68. The summed E-state index contributed by atoms with van der Waals surface area (Å²) in [5.41, 5.74) is 1.27. The summed E-state index contributed by atoms with van der Waals surface area (Å²) in [5, 5.41) is 3.16. The summed E-state index contributed by atoms with van der Waals surface area (Å²) in [7, 11) is 0. The molecule has 1 nitrogen and oxygen atoms in total. The molecule has 0 heterocycles. The molecule has 0 saturated heterocycles. The van der Waals surface area contributed by atoms with Gasteiger partial charge in [-0.2, -0.15) is 0 Å². The van der Waals surface area contributed by atoms with Gasteiger partial charge in [0, 0.05) is 29.4 Å². The number of hydrogen-bond acceptors (Lipinski definition) is 1. The molecule has 4 heteroatoms.